The van der Waals surface area contributed by atoms with Crippen LogP contribution >= 0.6 is 0 Å². The van der Waals surface area contributed by atoms with Crippen molar-refractivity contribution >= 4 is 29.7 Å². The number of carbonyl (C=O) groups excluding carboxylic acids is 3. The Morgan fingerprint density at radius 2 is 1.47 bits per heavy atom. The lowest BCUT2D eigenvalue weighted by Crippen LogP contribution is -2.58. The van der Waals surface area contributed by atoms with Gasteiger partial charge in [-0.15, -0.1) is 0 Å². The van der Waals surface area contributed by atoms with Crippen LogP contribution in [0.5, 0.6) is 0 Å². The van der Waals surface area contributed by atoms with E-state index in [-0.39, 0.29) is 12.8 Å². The smallest absolute Gasteiger partial charge is 0.326 e. The van der Waals surface area contributed by atoms with Crippen molar-refractivity contribution in [3.63, 3.8) is 0 Å². The summed E-state index contributed by atoms with van der Waals surface area (Å²) in [7, 11) is 0. The Balaban J connectivity index is 2.90. The second-order valence-electron chi connectivity index (χ2n) is 8.87. The number of nitrogens with two attached hydrogens (primary N) is 2. The van der Waals surface area contributed by atoms with Crippen molar-refractivity contribution in [1.29, 1.82) is 0 Å². The van der Waals surface area contributed by atoms with Crippen LogP contribution in [0, 0.1) is 5.92 Å². The van der Waals surface area contributed by atoms with Crippen molar-refractivity contribution in [2.24, 2.45) is 17.4 Å². The third-order valence-corrected chi connectivity index (χ3v) is 5.46. The Morgan fingerprint density at radius 1 is 0.861 bits per heavy atom. The van der Waals surface area contributed by atoms with Crippen molar-refractivity contribution in [3.05, 3.63) is 35.9 Å². The molecule has 0 heterocycles. The van der Waals surface area contributed by atoms with Crippen LogP contribution in [0.25, 0.3) is 0 Å². The maximum Gasteiger partial charge on any atom is 0.326 e. The van der Waals surface area contributed by atoms with Gasteiger partial charge in [-0.1, -0.05) is 44.2 Å². The molecular formula is C24H37N5O7. The Labute approximate surface area is 210 Å². The Hall–Kier alpha value is -3.51. The molecule has 4 unspecified atom stereocenters. The molecule has 1 aromatic carbocycles. The number of hydrogen-bond acceptors (Lipinski definition) is 7. The highest BCUT2D eigenvalue weighted by atomic mass is 16.4. The number of nitrogens with one attached hydrogen (secondary N) is 3. The van der Waals surface area contributed by atoms with Crippen LogP contribution in [0.4, 0.5) is 0 Å². The van der Waals surface area contributed by atoms with Gasteiger partial charge in [-0.3, -0.25) is 19.2 Å². The molecule has 0 aliphatic carbocycles. The fourth-order valence-corrected chi connectivity index (χ4v) is 3.42. The first-order chi connectivity index (χ1) is 17.0. The maximum atomic E-state index is 12.9. The van der Waals surface area contributed by atoms with Crippen LogP contribution in [-0.4, -0.2) is 70.6 Å². The normalized spacial score (nSPS) is 14.2. The maximum absolute atomic E-state index is 12.9. The van der Waals surface area contributed by atoms with E-state index in [0.717, 1.165) is 5.56 Å². The molecule has 0 aromatic heterocycles. The monoisotopic (exact) mass is 507 g/mol. The molecule has 0 spiro atoms. The Bertz CT molecular complexity index is 894. The molecular weight excluding hydrogens is 470 g/mol. The second kappa shape index (κ2) is 15.5. The molecule has 0 bridgehead atoms. The third kappa shape index (κ3) is 10.8. The Kier molecular flexibility index (Phi) is 13.1. The van der Waals surface area contributed by atoms with Crippen LogP contribution in [0.2, 0.25) is 0 Å². The SMILES string of the molecule is CC(C)C(NC(=O)C(CC(=O)O)NC(=O)C(N)Cc1ccccc1)C(=O)NC(CCCCN)C(=O)O. The number of carboxylic acid groups (broad SMARTS) is 2. The van der Waals surface area contributed by atoms with E-state index in [9.17, 15) is 34.2 Å². The number of carbonyl (C=O) groups is 5. The largest absolute Gasteiger partial charge is 0.481 e. The van der Waals surface area contributed by atoms with Gasteiger partial charge < -0.3 is 37.6 Å². The highest BCUT2D eigenvalue weighted by Crippen LogP contribution is 2.08. The summed E-state index contributed by atoms with van der Waals surface area (Å²) in [4.78, 5) is 61.2. The molecule has 36 heavy (non-hydrogen) atoms. The lowest BCUT2D eigenvalue weighted by molar-refractivity contribution is -0.143. The van der Waals surface area contributed by atoms with Gasteiger partial charge in [0.15, 0.2) is 0 Å². The number of unbranched alkanes of at least 4 members (excludes halogenated alkanes) is 1. The summed E-state index contributed by atoms with van der Waals surface area (Å²) in [5.41, 5.74) is 12.2. The van der Waals surface area contributed by atoms with E-state index in [4.69, 9.17) is 11.5 Å². The summed E-state index contributed by atoms with van der Waals surface area (Å²) >= 11 is 0. The van der Waals surface area contributed by atoms with E-state index in [1.165, 1.54) is 0 Å². The summed E-state index contributed by atoms with van der Waals surface area (Å²) in [5.74, 6) is -5.40. The number of carboxylic acids is 2. The minimum absolute atomic E-state index is 0.161. The summed E-state index contributed by atoms with van der Waals surface area (Å²) < 4.78 is 0. The first kappa shape index (κ1) is 30.5. The first-order valence-corrected chi connectivity index (χ1v) is 11.8. The van der Waals surface area contributed by atoms with Gasteiger partial charge in [0.25, 0.3) is 0 Å². The lowest BCUT2D eigenvalue weighted by atomic mass is 10.0. The number of amides is 3. The lowest BCUT2D eigenvalue weighted by Gasteiger charge is -2.26. The fraction of sp³-hybridized carbons (Fsp3) is 0.542. The Morgan fingerprint density at radius 3 is 2.00 bits per heavy atom. The molecule has 0 radical (unpaired) electrons. The highest BCUT2D eigenvalue weighted by molar-refractivity contribution is 5.95. The van der Waals surface area contributed by atoms with E-state index >= 15 is 0 Å². The molecule has 4 atom stereocenters. The van der Waals surface area contributed by atoms with E-state index in [2.05, 4.69) is 16.0 Å². The fourth-order valence-electron chi connectivity index (χ4n) is 3.42. The quantitative estimate of drug-likeness (QED) is 0.141. The number of hydrogen-bond donors (Lipinski definition) is 7. The third-order valence-electron chi connectivity index (χ3n) is 5.46. The van der Waals surface area contributed by atoms with Gasteiger partial charge >= 0.3 is 11.9 Å². The molecule has 12 nitrogen and oxygen atoms in total. The summed E-state index contributed by atoms with van der Waals surface area (Å²) in [6.45, 7) is 3.65. The minimum Gasteiger partial charge on any atom is -0.481 e. The average molecular weight is 508 g/mol. The number of aliphatic carboxylic acids is 2. The topological polar surface area (TPSA) is 214 Å². The second-order valence-corrected chi connectivity index (χ2v) is 8.87. The van der Waals surface area contributed by atoms with Crippen LogP contribution in [0.3, 0.4) is 0 Å². The highest BCUT2D eigenvalue weighted by Gasteiger charge is 2.32. The zero-order valence-corrected chi connectivity index (χ0v) is 20.6. The van der Waals surface area contributed by atoms with Gasteiger partial charge in [-0.05, 0) is 43.7 Å². The van der Waals surface area contributed by atoms with Crippen molar-refractivity contribution in [3.8, 4) is 0 Å². The molecule has 0 aliphatic rings. The summed E-state index contributed by atoms with van der Waals surface area (Å²) in [6, 6.07) is 4.06. The van der Waals surface area contributed by atoms with Crippen molar-refractivity contribution in [2.45, 2.75) is 70.1 Å². The van der Waals surface area contributed by atoms with Crippen LogP contribution in [0.15, 0.2) is 30.3 Å². The zero-order chi connectivity index (χ0) is 27.3. The van der Waals surface area contributed by atoms with Gasteiger partial charge in [-0.2, -0.15) is 0 Å². The molecule has 1 aromatic rings. The van der Waals surface area contributed by atoms with E-state index in [0.29, 0.717) is 19.4 Å². The zero-order valence-electron chi connectivity index (χ0n) is 20.6. The van der Waals surface area contributed by atoms with Gasteiger partial charge in [0.1, 0.15) is 18.1 Å². The van der Waals surface area contributed by atoms with E-state index in [1.54, 1.807) is 38.1 Å². The van der Waals surface area contributed by atoms with Gasteiger partial charge in [-0.25, -0.2) is 4.79 Å². The van der Waals surface area contributed by atoms with E-state index < -0.39 is 66.2 Å². The standard InChI is InChI=1S/C24H37N5O7/c1-14(2)20(23(34)27-17(24(35)36)10-6-7-11-25)29-22(33)18(13-19(30)31)28-21(32)16(26)12-15-8-4-3-5-9-15/h3-5,8-9,14,16-18,20H,6-7,10-13,25-26H2,1-2H3,(H,27,34)(H,28,32)(H,29,33)(H,30,31)(H,35,36). The average Bonchev–Trinajstić information content (AvgIpc) is 2.81. The van der Waals surface area contributed by atoms with Crippen LogP contribution in [0.1, 0.15) is 45.1 Å². The molecule has 3 amide bonds. The van der Waals surface area contributed by atoms with Crippen LogP contribution in [-0.2, 0) is 30.4 Å². The molecule has 0 saturated heterocycles. The predicted molar refractivity (Wildman–Crippen MR) is 132 cm³/mol. The minimum atomic E-state index is -1.49. The summed E-state index contributed by atoms with van der Waals surface area (Å²) in [5, 5.41) is 25.9. The molecule has 200 valence electrons. The molecule has 12 heteroatoms. The van der Waals surface area contributed by atoms with Gasteiger partial charge in [0, 0.05) is 0 Å². The van der Waals surface area contributed by atoms with Crippen molar-refractivity contribution in [1.82, 2.24) is 16.0 Å². The number of rotatable bonds is 16. The van der Waals surface area contributed by atoms with Crippen LogP contribution < -0.4 is 27.4 Å². The molecule has 0 aliphatic heterocycles. The van der Waals surface area contributed by atoms with Gasteiger partial charge in [0.05, 0.1) is 12.5 Å². The molecule has 0 saturated carbocycles. The van der Waals surface area contributed by atoms with Gasteiger partial charge in [0.2, 0.25) is 17.7 Å². The van der Waals surface area contributed by atoms with E-state index in [1.807, 2.05) is 6.07 Å². The predicted octanol–water partition coefficient (Wildman–Crippen LogP) is -0.645. The molecule has 1 rings (SSSR count). The van der Waals surface area contributed by atoms with Crippen molar-refractivity contribution < 1.29 is 34.2 Å². The first-order valence-electron chi connectivity index (χ1n) is 11.8. The summed E-state index contributed by atoms with van der Waals surface area (Å²) in [6.07, 6.45) is 0.675. The molecule has 9 N–H and O–H groups in total. The van der Waals surface area contributed by atoms with Crippen molar-refractivity contribution in [2.75, 3.05) is 6.54 Å². The molecule has 0 fully saturated rings. The number of benzene rings is 1.